The van der Waals surface area contributed by atoms with Gasteiger partial charge in [-0.2, -0.15) is 0 Å². The molecule has 1 aliphatic rings. The van der Waals surface area contributed by atoms with Crippen LogP contribution in [0.4, 0.5) is 0 Å². The SMILES string of the molecule is CC(c1cc2ccccc2s1)N(O)C(=O)C1CCCN1. The van der Waals surface area contributed by atoms with Gasteiger partial charge in [-0.25, -0.2) is 5.06 Å². The summed E-state index contributed by atoms with van der Waals surface area (Å²) < 4.78 is 1.18. The molecule has 0 saturated carbocycles. The first kappa shape index (κ1) is 13.5. The van der Waals surface area contributed by atoms with Crippen LogP contribution in [0.3, 0.4) is 0 Å². The molecule has 1 saturated heterocycles. The molecule has 1 aromatic carbocycles. The molecule has 2 heterocycles. The van der Waals surface area contributed by atoms with E-state index in [0.29, 0.717) is 0 Å². The van der Waals surface area contributed by atoms with E-state index in [9.17, 15) is 10.0 Å². The number of nitrogens with one attached hydrogen (secondary N) is 1. The third-order valence-corrected chi connectivity index (χ3v) is 5.09. The number of nitrogens with zero attached hydrogens (tertiary/aromatic N) is 1. The zero-order valence-electron chi connectivity index (χ0n) is 11.4. The highest BCUT2D eigenvalue weighted by Crippen LogP contribution is 2.32. The Morgan fingerprint density at radius 1 is 1.50 bits per heavy atom. The molecule has 5 heteroatoms. The Kier molecular flexibility index (Phi) is 3.74. The summed E-state index contributed by atoms with van der Waals surface area (Å²) in [7, 11) is 0. The van der Waals surface area contributed by atoms with Crippen LogP contribution in [0.5, 0.6) is 0 Å². The Balaban J connectivity index is 1.80. The number of hydrogen-bond acceptors (Lipinski definition) is 4. The second-order valence-corrected chi connectivity index (χ2v) is 6.31. The van der Waals surface area contributed by atoms with Crippen LogP contribution in [-0.2, 0) is 4.79 Å². The van der Waals surface area contributed by atoms with Crippen LogP contribution in [0.25, 0.3) is 10.1 Å². The van der Waals surface area contributed by atoms with Gasteiger partial charge in [-0.3, -0.25) is 10.0 Å². The quantitative estimate of drug-likeness (QED) is 0.675. The lowest BCUT2D eigenvalue weighted by atomic mass is 10.1. The topological polar surface area (TPSA) is 52.6 Å². The molecule has 2 N–H and O–H groups in total. The van der Waals surface area contributed by atoms with Crippen molar-refractivity contribution in [2.75, 3.05) is 6.54 Å². The number of hydroxylamine groups is 2. The fourth-order valence-electron chi connectivity index (χ4n) is 2.57. The maximum atomic E-state index is 12.2. The molecule has 2 aromatic rings. The van der Waals surface area contributed by atoms with Crippen molar-refractivity contribution in [2.24, 2.45) is 0 Å². The molecule has 1 fully saturated rings. The molecule has 0 radical (unpaired) electrons. The molecule has 0 spiro atoms. The molecule has 106 valence electrons. The van der Waals surface area contributed by atoms with E-state index < -0.39 is 0 Å². The third-order valence-electron chi connectivity index (χ3n) is 3.81. The maximum absolute atomic E-state index is 12.2. The number of carbonyl (C=O) groups is 1. The second-order valence-electron chi connectivity index (χ2n) is 5.19. The Labute approximate surface area is 122 Å². The van der Waals surface area contributed by atoms with Gasteiger partial charge < -0.3 is 5.32 Å². The summed E-state index contributed by atoms with van der Waals surface area (Å²) in [4.78, 5) is 13.2. The van der Waals surface area contributed by atoms with Crippen molar-refractivity contribution < 1.29 is 10.0 Å². The number of thiophene rings is 1. The van der Waals surface area contributed by atoms with Crippen LogP contribution in [0, 0.1) is 0 Å². The fraction of sp³-hybridized carbons (Fsp3) is 0.400. The molecule has 2 unspecified atom stereocenters. The lowest BCUT2D eigenvalue weighted by molar-refractivity contribution is -0.176. The van der Waals surface area contributed by atoms with Gasteiger partial charge in [0.25, 0.3) is 5.91 Å². The molecule has 20 heavy (non-hydrogen) atoms. The summed E-state index contributed by atoms with van der Waals surface area (Å²) in [5.74, 6) is -0.229. The highest BCUT2D eigenvalue weighted by Gasteiger charge is 2.30. The highest BCUT2D eigenvalue weighted by molar-refractivity contribution is 7.19. The molecular weight excluding hydrogens is 272 g/mol. The first-order chi connectivity index (χ1) is 9.66. The van der Waals surface area contributed by atoms with E-state index in [0.717, 1.165) is 34.7 Å². The number of fused-ring (bicyclic) bond motifs is 1. The molecule has 4 nitrogen and oxygen atoms in total. The molecular formula is C15H18N2O2S. The maximum Gasteiger partial charge on any atom is 0.263 e. The van der Waals surface area contributed by atoms with Crippen molar-refractivity contribution >= 4 is 27.3 Å². The van der Waals surface area contributed by atoms with Gasteiger partial charge in [0, 0.05) is 9.58 Å². The summed E-state index contributed by atoms with van der Waals surface area (Å²) in [5, 5.41) is 15.3. The Morgan fingerprint density at radius 3 is 3.00 bits per heavy atom. The predicted octanol–water partition coefficient (Wildman–Crippen LogP) is 2.93. The number of rotatable bonds is 3. The smallest absolute Gasteiger partial charge is 0.263 e. The van der Waals surface area contributed by atoms with Crippen molar-refractivity contribution in [2.45, 2.75) is 31.8 Å². The van der Waals surface area contributed by atoms with E-state index >= 15 is 0 Å². The molecule has 1 amide bonds. The molecule has 1 aliphatic heterocycles. The van der Waals surface area contributed by atoms with Gasteiger partial charge >= 0.3 is 0 Å². The Hall–Kier alpha value is -1.43. The molecule has 2 atom stereocenters. The third kappa shape index (κ3) is 2.44. The lowest BCUT2D eigenvalue weighted by Crippen LogP contribution is -2.42. The lowest BCUT2D eigenvalue weighted by Gasteiger charge is -2.24. The molecule has 0 aliphatic carbocycles. The highest BCUT2D eigenvalue weighted by atomic mass is 32.1. The van der Waals surface area contributed by atoms with E-state index in [1.165, 1.54) is 4.70 Å². The van der Waals surface area contributed by atoms with Crippen LogP contribution in [0.15, 0.2) is 30.3 Å². The van der Waals surface area contributed by atoms with Crippen molar-refractivity contribution in [1.29, 1.82) is 0 Å². The minimum Gasteiger partial charge on any atom is -0.306 e. The first-order valence-electron chi connectivity index (χ1n) is 6.90. The van der Waals surface area contributed by atoms with Gasteiger partial charge in [0.05, 0.1) is 12.1 Å². The Bertz CT molecular complexity index is 586. The van der Waals surface area contributed by atoms with Crippen LogP contribution in [0.2, 0.25) is 0 Å². The van der Waals surface area contributed by atoms with Gasteiger partial charge in [0.15, 0.2) is 0 Å². The average molecular weight is 290 g/mol. The van der Waals surface area contributed by atoms with Crippen LogP contribution >= 0.6 is 11.3 Å². The van der Waals surface area contributed by atoms with Crippen LogP contribution in [0.1, 0.15) is 30.7 Å². The van der Waals surface area contributed by atoms with E-state index in [4.69, 9.17) is 0 Å². The van der Waals surface area contributed by atoms with Crippen molar-refractivity contribution in [1.82, 2.24) is 10.4 Å². The van der Waals surface area contributed by atoms with Gasteiger partial charge in [-0.05, 0) is 43.8 Å². The zero-order chi connectivity index (χ0) is 14.1. The fourth-order valence-corrected chi connectivity index (χ4v) is 3.68. The van der Waals surface area contributed by atoms with Crippen molar-refractivity contribution in [3.8, 4) is 0 Å². The van der Waals surface area contributed by atoms with E-state index in [1.54, 1.807) is 11.3 Å². The summed E-state index contributed by atoms with van der Waals surface area (Å²) in [6.07, 6.45) is 1.79. The van der Waals surface area contributed by atoms with Crippen LogP contribution in [-0.4, -0.2) is 28.8 Å². The minimum atomic E-state index is -0.317. The van der Waals surface area contributed by atoms with E-state index in [2.05, 4.69) is 11.4 Å². The summed E-state index contributed by atoms with van der Waals surface area (Å²) in [5.41, 5.74) is 0. The first-order valence-corrected chi connectivity index (χ1v) is 7.72. The van der Waals surface area contributed by atoms with Crippen molar-refractivity contribution in [3.05, 3.63) is 35.2 Å². The number of carbonyl (C=O) groups excluding carboxylic acids is 1. The average Bonchev–Trinajstić information content (AvgIpc) is 3.13. The molecule has 3 rings (SSSR count). The van der Waals surface area contributed by atoms with Gasteiger partial charge in [0.2, 0.25) is 0 Å². The number of benzene rings is 1. The summed E-state index contributed by atoms with van der Waals surface area (Å²) in [6.45, 7) is 2.71. The van der Waals surface area contributed by atoms with Crippen LogP contribution < -0.4 is 5.32 Å². The predicted molar refractivity (Wildman–Crippen MR) is 79.9 cm³/mol. The molecule has 1 aromatic heterocycles. The number of amides is 1. The standard InChI is InChI=1S/C15H18N2O2S/c1-10(17(19)15(18)12-6-4-8-16-12)14-9-11-5-2-3-7-13(11)20-14/h2-3,5,7,9-10,12,16,19H,4,6,8H2,1H3. The normalized spacial score (nSPS) is 20.2. The van der Waals surface area contributed by atoms with Gasteiger partial charge in [-0.1, -0.05) is 18.2 Å². The van der Waals surface area contributed by atoms with E-state index in [-0.39, 0.29) is 18.0 Å². The van der Waals surface area contributed by atoms with Gasteiger partial charge in [0.1, 0.15) is 0 Å². The largest absolute Gasteiger partial charge is 0.306 e. The minimum absolute atomic E-state index is 0.229. The summed E-state index contributed by atoms with van der Waals surface area (Å²) >= 11 is 1.62. The van der Waals surface area contributed by atoms with Crippen molar-refractivity contribution in [3.63, 3.8) is 0 Å². The number of hydrogen-bond donors (Lipinski definition) is 2. The summed E-state index contributed by atoms with van der Waals surface area (Å²) in [6, 6.07) is 9.58. The zero-order valence-corrected chi connectivity index (χ0v) is 12.2. The Morgan fingerprint density at radius 2 is 2.30 bits per heavy atom. The second kappa shape index (κ2) is 5.52. The monoisotopic (exact) mass is 290 g/mol. The van der Waals surface area contributed by atoms with E-state index in [1.807, 2.05) is 31.2 Å². The molecule has 0 bridgehead atoms. The van der Waals surface area contributed by atoms with Gasteiger partial charge in [-0.15, -0.1) is 11.3 Å².